The molecule has 0 bridgehead atoms. The third-order valence-electron chi connectivity index (χ3n) is 3.42. The maximum atomic E-state index is 11.5. The zero-order chi connectivity index (χ0) is 13.1. The minimum atomic E-state index is -0.194. The van der Waals surface area contributed by atoms with Gasteiger partial charge in [-0.1, -0.05) is 39.0 Å². The molecule has 17 heavy (non-hydrogen) atoms. The van der Waals surface area contributed by atoms with Crippen molar-refractivity contribution in [3.8, 4) is 0 Å². The van der Waals surface area contributed by atoms with Crippen LogP contribution in [0.4, 0.5) is 0 Å². The van der Waals surface area contributed by atoms with Crippen LogP contribution in [0.5, 0.6) is 0 Å². The predicted molar refractivity (Wildman–Crippen MR) is 66.4 cm³/mol. The minimum Gasteiger partial charge on any atom is -0.469 e. The Morgan fingerprint density at radius 2 is 2.06 bits per heavy atom. The van der Waals surface area contributed by atoms with E-state index >= 15 is 0 Å². The molecule has 0 heterocycles. The fraction of sp³-hybridized carbons (Fsp3) is 0.571. The van der Waals surface area contributed by atoms with Gasteiger partial charge in [-0.05, 0) is 17.8 Å². The summed E-state index contributed by atoms with van der Waals surface area (Å²) >= 11 is 0. The molecular formula is C14H20O3. The molecule has 1 aliphatic carbocycles. The zero-order valence-corrected chi connectivity index (χ0v) is 10.9. The number of ether oxygens (including phenoxy) is 1. The van der Waals surface area contributed by atoms with E-state index in [-0.39, 0.29) is 23.2 Å². The van der Waals surface area contributed by atoms with Crippen LogP contribution in [0.25, 0.3) is 0 Å². The second-order valence-electron chi connectivity index (χ2n) is 4.94. The molecule has 2 atom stereocenters. The molecule has 0 aromatic heterocycles. The fourth-order valence-electron chi connectivity index (χ4n) is 2.16. The Kier molecular flexibility index (Phi) is 4.27. The lowest BCUT2D eigenvalue weighted by Gasteiger charge is -1.99. The average Bonchev–Trinajstić information content (AvgIpc) is 2.85. The van der Waals surface area contributed by atoms with E-state index in [0.29, 0.717) is 5.57 Å². The van der Waals surface area contributed by atoms with Crippen molar-refractivity contribution in [2.45, 2.75) is 27.2 Å². The van der Waals surface area contributed by atoms with Crippen LogP contribution in [0.1, 0.15) is 27.2 Å². The monoisotopic (exact) mass is 236 g/mol. The largest absolute Gasteiger partial charge is 0.469 e. The lowest BCUT2D eigenvalue weighted by molar-refractivity contribution is -0.143. The second-order valence-corrected chi connectivity index (χ2v) is 4.94. The number of methoxy groups -OCH3 is 1. The highest BCUT2D eigenvalue weighted by Crippen LogP contribution is 2.59. The third kappa shape index (κ3) is 2.84. The van der Waals surface area contributed by atoms with E-state index in [4.69, 9.17) is 4.74 Å². The van der Waals surface area contributed by atoms with Crippen LogP contribution in [0.3, 0.4) is 0 Å². The van der Waals surface area contributed by atoms with Gasteiger partial charge >= 0.3 is 5.97 Å². The average molecular weight is 236 g/mol. The van der Waals surface area contributed by atoms with Crippen LogP contribution >= 0.6 is 0 Å². The van der Waals surface area contributed by atoms with Gasteiger partial charge in [0.2, 0.25) is 0 Å². The summed E-state index contributed by atoms with van der Waals surface area (Å²) in [4.78, 5) is 22.4. The SMILES string of the molecule is CCC=C/C(C=O)=C/C1C(C(=O)OC)C1(C)C. The highest BCUT2D eigenvalue weighted by Gasteiger charge is 2.61. The summed E-state index contributed by atoms with van der Waals surface area (Å²) in [6.45, 7) is 6.04. The number of aldehydes is 1. The summed E-state index contributed by atoms with van der Waals surface area (Å²) in [5.74, 6) is -0.227. The lowest BCUT2D eigenvalue weighted by Crippen LogP contribution is -2.07. The van der Waals surface area contributed by atoms with Gasteiger partial charge in [0.15, 0.2) is 0 Å². The van der Waals surface area contributed by atoms with E-state index in [1.165, 1.54) is 7.11 Å². The first-order valence-electron chi connectivity index (χ1n) is 5.90. The van der Waals surface area contributed by atoms with E-state index in [9.17, 15) is 9.59 Å². The molecule has 2 unspecified atom stereocenters. The normalized spacial score (nSPS) is 26.9. The number of carbonyl (C=O) groups excluding carboxylic acids is 2. The summed E-state index contributed by atoms with van der Waals surface area (Å²) in [5.41, 5.74) is 0.526. The molecule has 0 amide bonds. The standard InChI is InChI=1S/C14H20O3/c1-5-6-7-10(9-15)8-11-12(13(16)17-4)14(11,2)3/h6-9,11-12H,5H2,1-4H3/b7-6?,10-8-. The van der Waals surface area contributed by atoms with Crippen molar-refractivity contribution in [3.05, 3.63) is 23.8 Å². The maximum Gasteiger partial charge on any atom is 0.309 e. The summed E-state index contributed by atoms with van der Waals surface area (Å²) in [5, 5.41) is 0. The quantitative estimate of drug-likeness (QED) is 0.319. The molecule has 0 N–H and O–H groups in total. The second kappa shape index (κ2) is 5.30. The van der Waals surface area contributed by atoms with E-state index < -0.39 is 0 Å². The van der Waals surface area contributed by atoms with E-state index in [1.807, 2.05) is 32.9 Å². The molecule has 0 aromatic carbocycles. The molecule has 0 aromatic rings. The molecule has 1 saturated carbocycles. The van der Waals surface area contributed by atoms with Crippen LogP contribution in [-0.4, -0.2) is 19.4 Å². The molecule has 0 saturated heterocycles. The number of allylic oxidation sites excluding steroid dienone is 4. The molecule has 1 fully saturated rings. The molecule has 94 valence electrons. The van der Waals surface area contributed by atoms with Crippen molar-refractivity contribution in [2.24, 2.45) is 17.3 Å². The van der Waals surface area contributed by atoms with Crippen LogP contribution < -0.4 is 0 Å². The third-order valence-corrected chi connectivity index (χ3v) is 3.42. The number of esters is 1. The molecule has 3 nitrogen and oxygen atoms in total. The molecule has 0 radical (unpaired) electrons. The van der Waals surface area contributed by atoms with Crippen molar-refractivity contribution in [2.75, 3.05) is 7.11 Å². The van der Waals surface area contributed by atoms with Crippen LogP contribution in [0.2, 0.25) is 0 Å². The molecule has 1 rings (SSSR count). The van der Waals surface area contributed by atoms with E-state index in [0.717, 1.165) is 12.7 Å². The Morgan fingerprint density at radius 3 is 2.53 bits per heavy atom. The van der Waals surface area contributed by atoms with Crippen molar-refractivity contribution in [1.82, 2.24) is 0 Å². The van der Waals surface area contributed by atoms with Crippen LogP contribution in [0, 0.1) is 17.3 Å². The highest BCUT2D eigenvalue weighted by molar-refractivity contribution is 5.81. The van der Waals surface area contributed by atoms with Gasteiger partial charge in [-0.25, -0.2) is 0 Å². The first-order valence-corrected chi connectivity index (χ1v) is 5.90. The topological polar surface area (TPSA) is 43.4 Å². The van der Waals surface area contributed by atoms with Gasteiger partial charge in [0.05, 0.1) is 13.0 Å². The van der Waals surface area contributed by atoms with E-state index in [1.54, 1.807) is 6.08 Å². The van der Waals surface area contributed by atoms with Gasteiger partial charge in [0.25, 0.3) is 0 Å². The maximum absolute atomic E-state index is 11.5. The number of hydrogen-bond donors (Lipinski definition) is 0. The summed E-state index contributed by atoms with van der Waals surface area (Å²) in [6, 6.07) is 0. The van der Waals surface area contributed by atoms with Crippen LogP contribution in [0.15, 0.2) is 23.8 Å². The van der Waals surface area contributed by atoms with Gasteiger partial charge in [-0.15, -0.1) is 0 Å². The molecule has 0 aliphatic heterocycles. The summed E-state index contributed by atoms with van der Waals surface area (Å²) < 4.78 is 4.76. The Morgan fingerprint density at radius 1 is 1.41 bits per heavy atom. The van der Waals surface area contributed by atoms with Gasteiger partial charge < -0.3 is 4.74 Å². The van der Waals surface area contributed by atoms with Crippen LogP contribution in [-0.2, 0) is 14.3 Å². The molecule has 1 aliphatic rings. The molecule has 3 heteroatoms. The van der Waals surface area contributed by atoms with Gasteiger partial charge in [0, 0.05) is 5.57 Å². The van der Waals surface area contributed by atoms with Crippen molar-refractivity contribution in [3.63, 3.8) is 0 Å². The van der Waals surface area contributed by atoms with Crippen molar-refractivity contribution < 1.29 is 14.3 Å². The van der Waals surface area contributed by atoms with Crippen molar-refractivity contribution >= 4 is 12.3 Å². The molecule has 0 spiro atoms. The summed E-state index contributed by atoms with van der Waals surface area (Å²) in [7, 11) is 1.40. The first kappa shape index (κ1) is 13.7. The number of carbonyl (C=O) groups is 2. The number of hydrogen-bond acceptors (Lipinski definition) is 3. The Hall–Kier alpha value is -1.38. The fourth-order valence-corrected chi connectivity index (χ4v) is 2.16. The Labute approximate surface area is 103 Å². The first-order chi connectivity index (χ1) is 7.98. The van der Waals surface area contributed by atoms with Gasteiger partial charge in [-0.3, -0.25) is 9.59 Å². The highest BCUT2D eigenvalue weighted by atomic mass is 16.5. The zero-order valence-electron chi connectivity index (χ0n) is 10.9. The Bertz CT molecular complexity index is 364. The van der Waals surface area contributed by atoms with Gasteiger partial charge in [-0.2, -0.15) is 0 Å². The van der Waals surface area contributed by atoms with Crippen molar-refractivity contribution in [1.29, 1.82) is 0 Å². The Balaban J connectivity index is 2.81. The lowest BCUT2D eigenvalue weighted by atomic mass is 10.1. The smallest absolute Gasteiger partial charge is 0.309 e. The van der Waals surface area contributed by atoms with Gasteiger partial charge in [0.1, 0.15) is 6.29 Å². The summed E-state index contributed by atoms with van der Waals surface area (Å²) in [6.07, 6.45) is 7.33. The number of rotatable bonds is 5. The minimum absolute atomic E-state index is 0.0941. The predicted octanol–water partition coefficient (Wildman–Crippen LogP) is 2.52. The molecular weight excluding hydrogens is 216 g/mol. The van der Waals surface area contributed by atoms with E-state index in [2.05, 4.69) is 0 Å².